The van der Waals surface area contributed by atoms with Crippen molar-refractivity contribution in [1.82, 2.24) is 4.90 Å². The Morgan fingerprint density at radius 1 is 1.33 bits per heavy atom. The first-order chi connectivity index (χ1) is 8.65. The van der Waals surface area contributed by atoms with Crippen molar-refractivity contribution in [3.63, 3.8) is 0 Å². The Morgan fingerprint density at radius 3 is 2.67 bits per heavy atom. The second kappa shape index (κ2) is 4.30. The third-order valence-electron chi connectivity index (χ3n) is 3.84. The molecule has 1 aromatic carbocycles. The van der Waals surface area contributed by atoms with Gasteiger partial charge in [-0.15, -0.1) is 0 Å². The topological polar surface area (TPSA) is 46.3 Å². The van der Waals surface area contributed by atoms with E-state index in [1.807, 2.05) is 25.1 Å². The molecular formula is C15H20N2O. The van der Waals surface area contributed by atoms with Crippen molar-refractivity contribution in [2.75, 3.05) is 12.3 Å². The van der Waals surface area contributed by atoms with Gasteiger partial charge in [0.05, 0.1) is 5.56 Å². The van der Waals surface area contributed by atoms with Gasteiger partial charge in [-0.2, -0.15) is 0 Å². The lowest BCUT2D eigenvalue weighted by molar-refractivity contribution is 0.0736. The predicted molar refractivity (Wildman–Crippen MR) is 72.4 cm³/mol. The Labute approximate surface area is 108 Å². The smallest absolute Gasteiger partial charge is 0.256 e. The Bertz CT molecular complexity index is 475. The van der Waals surface area contributed by atoms with Crippen molar-refractivity contribution in [3.8, 4) is 0 Å². The van der Waals surface area contributed by atoms with E-state index in [1.54, 1.807) is 0 Å². The molecule has 0 heterocycles. The summed E-state index contributed by atoms with van der Waals surface area (Å²) in [4.78, 5) is 14.7. The molecule has 2 aliphatic carbocycles. The summed E-state index contributed by atoms with van der Waals surface area (Å²) in [6.07, 6.45) is 4.87. The van der Waals surface area contributed by atoms with Gasteiger partial charge in [0, 0.05) is 18.3 Å². The maximum Gasteiger partial charge on any atom is 0.256 e. The van der Waals surface area contributed by atoms with Gasteiger partial charge in [0.15, 0.2) is 0 Å². The quantitative estimate of drug-likeness (QED) is 0.827. The van der Waals surface area contributed by atoms with Crippen LogP contribution in [0.2, 0.25) is 0 Å². The van der Waals surface area contributed by atoms with Crippen LogP contribution in [0.15, 0.2) is 18.2 Å². The fourth-order valence-electron chi connectivity index (χ4n) is 2.37. The fraction of sp³-hybridized carbons (Fsp3) is 0.533. The summed E-state index contributed by atoms with van der Waals surface area (Å²) >= 11 is 0. The molecule has 2 fully saturated rings. The van der Waals surface area contributed by atoms with Crippen LogP contribution in [0.1, 0.15) is 41.6 Å². The van der Waals surface area contributed by atoms with Crippen molar-refractivity contribution in [2.45, 2.75) is 38.6 Å². The zero-order valence-electron chi connectivity index (χ0n) is 10.9. The van der Waals surface area contributed by atoms with E-state index in [-0.39, 0.29) is 5.91 Å². The van der Waals surface area contributed by atoms with Gasteiger partial charge >= 0.3 is 0 Å². The number of nitrogen functional groups attached to an aromatic ring is 1. The summed E-state index contributed by atoms with van der Waals surface area (Å²) in [7, 11) is 0. The summed E-state index contributed by atoms with van der Waals surface area (Å²) in [6.45, 7) is 2.93. The number of aryl methyl sites for hydroxylation is 1. The van der Waals surface area contributed by atoms with Gasteiger partial charge in [-0.05, 0) is 50.7 Å². The van der Waals surface area contributed by atoms with Gasteiger partial charge in [0.25, 0.3) is 5.91 Å². The summed E-state index contributed by atoms with van der Waals surface area (Å²) in [6, 6.07) is 6.18. The second-order valence-corrected chi connectivity index (χ2v) is 5.72. The molecular weight excluding hydrogens is 224 g/mol. The van der Waals surface area contributed by atoms with E-state index in [0.29, 0.717) is 17.3 Å². The summed E-state index contributed by atoms with van der Waals surface area (Å²) in [5, 5.41) is 0. The minimum absolute atomic E-state index is 0.130. The number of amides is 1. The maximum atomic E-state index is 12.6. The number of carbonyl (C=O) groups excluding carboxylic acids is 1. The number of benzene rings is 1. The number of hydrogen-bond donors (Lipinski definition) is 1. The Hall–Kier alpha value is -1.51. The second-order valence-electron chi connectivity index (χ2n) is 5.72. The first kappa shape index (κ1) is 11.6. The standard InChI is InChI=1S/C15H20N2O/c1-10-2-7-14(16)13(8-10)15(18)17(12-5-6-12)9-11-3-4-11/h2,7-8,11-12H,3-6,9,16H2,1H3. The van der Waals surface area contributed by atoms with Crippen molar-refractivity contribution in [1.29, 1.82) is 0 Å². The molecule has 3 nitrogen and oxygen atoms in total. The predicted octanol–water partition coefficient (Wildman–Crippen LogP) is 2.59. The molecule has 3 rings (SSSR count). The molecule has 0 spiro atoms. The molecule has 2 saturated carbocycles. The molecule has 0 unspecified atom stereocenters. The summed E-state index contributed by atoms with van der Waals surface area (Å²) in [5.41, 5.74) is 8.33. The van der Waals surface area contributed by atoms with Crippen LogP contribution in [0.3, 0.4) is 0 Å². The first-order valence-corrected chi connectivity index (χ1v) is 6.82. The molecule has 0 aromatic heterocycles. The minimum atomic E-state index is 0.130. The molecule has 2 aliphatic rings. The molecule has 1 amide bonds. The number of carbonyl (C=O) groups is 1. The molecule has 0 bridgehead atoms. The maximum absolute atomic E-state index is 12.6. The zero-order valence-corrected chi connectivity index (χ0v) is 10.9. The van der Waals surface area contributed by atoms with Crippen molar-refractivity contribution >= 4 is 11.6 Å². The van der Waals surface area contributed by atoms with Crippen LogP contribution in [0, 0.1) is 12.8 Å². The van der Waals surface area contributed by atoms with Crippen LogP contribution in [-0.4, -0.2) is 23.4 Å². The van der Waals surface area contributed by atoms with E-state index in [9.17, 15) is 4.79 Å². The number of anilines is 1. The van der Waals surface area contributed by atoms with Crippen LogP contribution < -0.4 is 5.73 Å². The highest BCUT2D eigenvalue weighted by atomic mass is 16.2. The van der Waals surface area contributed by atoms with E-state index in [1.165, 1.54) is 12.8 Å². The normalized spacial score (nSPS) is 18.7. The number of rotatable bonds is 4. The van der Waals surface area contributed by atoms with E-state index >= 15 is 0 Å². The molecule has 96 valence electrons. The van der Waals surface area contributed by atoms with Crippen molar-refractivity contribution in [2.24, 2.45) is 5.92 Å². The molecule has 3 heteroatoms. The largest absolute Gasteiger partial charge is 0.398 e. The highest BCUT2D eigenvalue weighted by Gasteiger charge is 2.37. The third-order valence-corrected chi connectivity index (χ3v) is 3.84. The number of nitrogens with two attached hydrogens (primary N) is 1. The van der Waals surface area contributed by atoms with Crippen LogP contribution in [0.4, 0.5) is 5.69 Å². The summed E-state index contributed by atoms with van der Waals surface area (Å²) < 4.78 is 0. The molecule has 0 saturated heterocycles. The van der Waals surface area contributed by atoms with Gasteiger partial charge in [0.1, 0.15) is 0 Å². The molecule has 0 radical (unpaired) electrons. The van der Waals surface area contributed by atoms with Gasteiger partial charge in [-0.25, -0.2) is 0 Å². The lowest BCUT2D eigenvalue weighted by Gasteiger charge is -2.23. The van der Waals surface area contributed by atoms with Crippen molar-refractivity contribution in [3.05, 3.63) is 29.3 Å². The monoisotopic (exact) mass is 244 g/mol. The average molecular weight is 244 g/mol. The van der Waals surface area contributed by atoms with Gasteiger partial charge in [-0.1, -0.05) is 11.6 Å². The molecule has 1 aromatic rings. The van der Waals surface area contributed by atoms with Gasteiger partial charge < -0.3 is 10.6 Å². The molecule has 0 atom stereocenters. The summed E-state index contributed by atoms with van der Waals surface area (Å²) in [5.74, 6) is 0.867. The minimum Gasteiger partial charge on any atom is -0.398 e. The van der Waals surface area contributed by atoms with Crippen LogP contribution in [0.25, 0.3) is 0 Å². The lowest BCUT2D eigenvalue weighted by Crippen LogP contribution is -2.35. The van der Waals surface area contributed by atoms with E-state index in [0.717, 1.165) is 30.9 Å². The van der Waals surface area contributed by atoms with Crippen LogP contribution in [-0.2, 0) is 0 Å². The average Bonchev–Trinajstić information content (AvgIpc) is 3.21. The number of hydrogen-bond acceptors (Lipinski definition) is 2. The first-order valence-electron chi connectivity index (χ1n) is 6.82. The lowest BCUT2D eigenvalue weighted by atomic mass is 10.1. The van der Waals surface area contributed by atoms with Crippen molar-refractivity contribution < 1.29 is 4.79 Å². The van der Waals surface area contributed by atoms with Gasteiger partial charge in [-0.3, -0.25) is 4.79 Å². The van der Waals surface area contributed by atoms with Crippen LogP contribution >= 0.6 is 0 Å². The van der Waals surface area contributed by atoms with E-state index in [4.69, 9.17) is 5.73 Å². The highest BCUT2D eigenvalue weighted by molar-refractivity contribution is 5.99. The zero-order chi connectivity index (χ0) is 12.7. The Balaban J connectivity index is 1.83. The highest BCUT2D eigenvalue weighted by Crippen LogP contribution is 2.36. The van der Waals surface area contributed by atoms with E-state index in [2.05, 4.69) is 4.90 Å². The molecule has 0 aliphatic heterocycles. The van der Waals surface area contributed by atoms with Crippen LogP contribution in [0.5, 0.6) is 0 Å². The molecule has 18 heavy (non-hydrogen) atoms. The Kier molecular flexibility index (Phi) is 2.77. The fourth-order valence-corrected chi connectivity index (χ4v) is 2.37. The SMILES string of the molecule is Cc1ccc(N)c(C(=O)N(CC2CC2)C2CC2)c1. The van der Waals surface area contributed by atoms with Gasteiger partial charge in [0.2, 0.25) is 0 Å². The third kappa shape index (κ3) is 2.35. The van der Waals surface area contributed by atoms with E-state index < -0.39 is 0 Å². The number of nitrogens with zero attached hydrogens (tertiary/aromatic N) is 1. The molecule has 2 N–H and O–H groups in total. The Morgan fingerprint density at radius 2 is 2.06 bits per heavy atom.